The fourth-order valence-electron chi connectivity index (χ4n) is 2.92. The molecule has 0 aliphatic heterocycles. The monoisotopic (exact) mass is 462 g/mol. The predicted molar refractivity (Wildman–Crippen MR) is 115 cm³/mol. The third-order valence-electron chi connectivity index (χ3n) is 4.68. The summed E-state index contributed by atoms with van der Waals surface area (Å²) in [7, 11) is -3.67. The molecule has 0 aliphatic carbocycles. The lowest BCUT2D eigenvalue weighted by atomic mass is 10.1. The predicted octanol–water partition coefficient (Wildman–Crippen LogP) is 4.76. The fourth-order valence-corrected chi connectivity index (χ4v) is 3.93. The van der Waals surface area contributed by atoms with Crippen LogP contribution in [0.25, 0.3) is 0 Å². The zero-order valence-electron chi connectivity index (χ0n) is 16.9. The molecule has 0 radical (unpaired) electrons. The molecule has 0 aliphatic rings. The van der Waals surface area contributed by atoms with E-state index in [0.29, 0.717) is 6.42 Å². The highest BCUT2D eigenvalue weighted by Gasteiger charge is 2.29. The van der Waals surface area contributed by atoms with E-state index in [4.69, 9.17) is 0 Å². The summed E-state index contributed by atoms with van der Waals surface area (Å²) in [4.78, 5) is 12.2. The molecule has 0 bridgehead atoms. The molecular weight excluding hydrogens is 441 g/mol. The third kappa shape index (κ3) is 6.66. The molecule has 2 N–H and O–H groups in total. The van der Waals surface area contributed by atoms with E-state index in [0.717, 1.165) is 23.3 Å². The van der Waals surface area contributed by atoms with Crippen molar-refractivity contribution >= 4 is 21.6 Å². The fraction of sp³-hybridized carbons (Fsp3) is 0.174. The van der Waals surface area contributed by atoms with Gasteiger partial charge in [0, 0.05) is 18.7 Å². The summed E-state index contributed by atoms with van der Waals surface area (Å²) in [5.74, 6) is -0.356. The number of carbonyl (C=O) groups is 1. The van der Waals surface area contributed by atoms with E-state index in [1.54, 1.807) is 12.1 Å². The van der Waals surface area contributed by atoms with E-state index in [1.807, 2.05) is 30.3 Å². The minimum atomic E-state index is -4.43. The summed E-state index contributed by atoms with van der Waals surface area (Å²) >= 11 is 0. The number of carbonyl (C=O) groups excluding carboxylic acids is 1. The molecule has 0 saturated heterocycles. The van der Waals surface area contributed by atoms with Crippen molar-refractivity contribution in [3.63, 3.8) is 0 Å². The van der Waals surface area contributed by atoms with E-state index < -0.39 is 21.8 Å². The normalized spacial score (nSPS) is 11.8. The average molecular weight is 462 g/mol. The Morgan fingerprint density at radius 3 is 2.03 bits per heavy atom. The third-order valence-corrected chi connectivity index (χ3v) is 6.10. The molecule has 1 amide bonds. The molecule has 32 heavy (non-hydrogen) atoms. The lowest BCUT2D eigenvalue weighted by molar-refractivity contribution is -0.137. The van der Waals surface area contributed by atoms with Crippen LogP contribution in [0, 0.1) is 0 Å². The molecule has 3 rings (SSSR count). The second-order valence-electron chi connectivity index (χ2n) is 7.08. The summed E-state index contributed by atoms with van der Waals surface area (Å²) in [6.07, 6.45) is -3.98. The van der Waals surface area contributed by atoms with Gasteiger partial charge in [0.2, 0.25) is 15.9 Å². The summed E-state index contributed by atoms with van der Waals surface area (Å²) in [6, 6.07) is 19.5. The van der Waals surface area contributed by atoms with Gasteiger partial charge in [0.1, 0.15) is 0 Å². The first-order chi connectivity index (χ1) is 15.1. The standard InChI is InChI=1S/C23H21F3N2O3S/c24-23(25,26)19-9-11-20(12-10-19)28-22(29)15-8-17-6-13-21(14-7-17)32(30,31)27-16-18-4-2-1-3-5-18/h1-7,9-14,27H,8,15-16H2,(H,28,29). The second kappa shape index (κ2) is 9.97. The van der Waals surface area contributed by atoms with Crippen molar-refractivity contribution in [2.45, 2.75) is 30.5 Å². The molecule has 0 fully saturated rings. The van der Waals surface area contributed by atoms with Crippen molar-refractivity contribution in [2.75, 3.05) is 5.32 Å². The van der Waals surface area contributed by atoms with Gasteiger partial charge in [-0.1, -0.05) is 42.5 Å². The van der Waals surface area contributed by atoms with Crippen molar-refractivity contribution in [3.8, 4) is 0 Å². The van der Waals surface area contributed by atoms with Gasteiger partial charge in [-0.15, -0.1) is 0 Å². The SMILES string of the molecule is O=C(CCc1ccc(S(=O)(=O)NCc2ccccc2)cc1)Nc1ccc(C(F)(F)F)cc1. The number of nitrogens with one attached hydrogen (secondary N) is 2. The number of rotatable bonds is 8. The van der Waals surface area contributed by atoms with Gasteiger partial charge in [-0.2, -0.15) is 13.2 Å². The van der Waals surface area contributed by atoms with Gasteiger partial charge in [-0.05, 0) is 53.9 Å². The number of hydrogen-bond donors (Lipinski definition) is 2. The van der Waals surface area contributed by atoms with Crippen LogP contribution in [-0.4, -0.2) is 14.3 Å². The first-order valence-electron chi connectivity index (χ1n) is 9.73. The van der Waals surface area contributed by atoms with E-state index in [2.05, 4.69) is 10.0 Å². The molecule has 0 heterocycles. The number of halogens is 3. The van der Waals surface area contributed by atoms with Crippen molar-refractivity contribution in [1.29, 1.82) is 0 Å². The minimum Gasteiger partial charge on any atom is -0.326 e. The Kier molecular flexibility index (Phi) is 7.32. The van der Waals surface area contributed by atoms with Crippen molar-refractivity contribution in [1.82, 2.24) is 4.72 Å². The Bertz CT molecular complexity index is 1150. The van der Waals surface area contributed by atoms with Crippen LogP contribution in [0.5, 0.6) is 0 Å². The molecule has 5 nitrogen and oxygen atoms in total. The molecule has 0 spiro atoms. The smallest absolute Gasteiger partial charge is 0.326 e. The Morgan fingerprint density at radius 1 is 0.812 bits per heavy atom. The first-order valence-corrected chi connectivity index (χ1v) is 11.2. The summed E-state index contributed by atoms with van der Waals surface area (Å²) < 4.78 is 65.1. The molecule has 9 heteroatoms. The molecule has 0 unspecified atom stereocenters. The van der Waals surface area contributed by atoms with E-state index in [1.165, 1.54) is 24.3 Å². The zero-order chi connectivity index (χ0) is 23.2. The van der Waals surface area contributed by atoms with E-state index >= 15 is 0 Å². The van der Waals surface area contributed by atoms with Crippen LogP contribution in [0.4, 0.5) is 18.9 Å². The van der Waals surface area contributed by atoms with Gasteiger partial charge in [-0.25, -0.2) is 13.1 Å². The zero-order valence-corrected chi connectivity index (χ0v) is 17.7. The van der Waals surface area contributed by atoms with Crippen LogP contribution >= 0.6 is 0 Å². The number of anilines is 1. The van der Waals surface area contributed by atoms with Gasteiger partial charge < -0.3 is 5.32 Å². The lowest BCUT2D eigenvalue weighted by Gasteiger charge is -2.09. The summed E-state index contributed by atoms with van der Waals surface area (Å²) in [6.45, 7) is 0.176. The first kappa shape index (κ1) is 23.5. The van der Waals surface area contributed by atoms with Crippen LogP contribution in [0.15, 0.2) is 83.8 Å². The Balaban J connectivity index is 1.51. The summed E-state index contributed by atoms with van der Waals surface area (Å²) in [5.41, 5.74) is 1.08. The summed E-state index contributed by atoms with van der Waals surface area (Å²) in [5, 5.41) is 2.55. The van der Waals surface area contributed by atoms with Crippen molar-refractivity contribution in [2.24, 2.45) is 0 Å². The van der Waals surface area contributed by atoms with Crippen molar-refractivity contribution < 1.29 is 26.4 Å². The number of hydrogen-bond acceptors (Lipinski definition) is 3. The van der Waals surface area contributed by atoms with Crippen LogP contribution in [0.1, 0.15) is 23.1 Å². The van der Waals surface area contributed by atoms with E-state index in [9.17, 15) is 26.4 Å². The van der Waals surface area contributed by atoms with Crippen LogP contribution in [0.3, 0.4) is 0 Å². The average Bonchev–Trinajstić information content (AvgIpc) is 2.77. The largest absolute Gasteiger partial charge is 0.416 e. The number of amides is 1. The van der Waals surface area contributed by atoms with Gasteiger partial charge in [0.15, 0.2) is 0 Å². The van der Waals surface area contributed by atoms with E-state index in [-0.39, 0.29) is 29.5 Å². The van der Waals surface area contributed by atoms with Crippen LogP contribution < -0.4 is 10.0 Å². The van der Waals surface area contributed by atoms with Gasteiger partial charge in [-0.3, -0.25) is 4.79 Å². The minimum absolute atomic E-state index is 0.0966. The second-order valence-corrected chi connectivity index (χ2v) is 8.84. The highest BCUT2D eigenvalue weighted by atomic mass is 32.2. The number of benzene rings is 3. The molecule has 3 aromatic carbocycles. The maximum atomic E-state index is 12.6. The van der Waals surface area contributed by atoms with Gasteiger partial charge >= 0.3 is 6.18 Å². The molecule has 0 atom stereocenters. The number of alkyl halides is 3. The maximum absolute atomic E-state index is 12.6. The Morgan fingerprint density at radius 2 is 1.44 bits per heavy atom. The topological polar surface area (TPSA) is 75.3 Å². The van der Waals surface area contributed by atoms with Crippen LogP contribution in [0.2, 0.25) is 0 Å². The van der Waals surface area contributed by atoms with Crippen LogP contribution in [-0.2, 0) is 34.0 Å². The molecule has 0 aromatic heterocycles. The molecule has 0 saturated carbocycles. The quantitative estimate of drug-likeness (QED) is 0.507. The van der Waals surface area contributed by atoms with Gasteiger partial charge in [0.25, 0.3) is 0 Å². The number of aryl methyl sites for hydroxylation is 1. The lowest BCUT2D eigenvalue weighted by Crippen LogP contribution is -2.23. The highest BCUT2D eigenvalue weighted by molar-refractivity contribution is 7.89. The molecular formula is C23H21F3N2O3S. The highest BCUT2D eigenvalue weighted by Crippen LogP contribution is 2.29. The molecule has 168 valence electrons. The maximum Gasteiger partial charge on any atom is 0.416 e. The molecule has 3 aromatic rings. The van der Waals surface area contributed by atoms with Gasteiger partial charge in [0.05, 0.1) is 10.5 Å². The Hall–Kier alpha value is -3.17. The Labute approximate surface area is 184 Å². The van der Waals surface area contributed by atoms with Crippen molar-refractivity contribution in [3.05, 3.63) is 95.6 Å². The number of sulfonamides is 1.